The minimum Gasteiger partial charge on any atom is -0.508 e. The summed E-state index contributed by atoms with van der Waals surface area (Å²) < 4.78 is 78.1. The van der Waals surface area contributed by atoms with E-state index in [4.69, 9.17) is 0 Å². The number of halogens is 6. The van der Waals surface area contributed by atoms with Crippen molar-refractivity contribution < 1.29 is 31.4 Å². The van der Waals surface area contributed by atoms with Crippen LogP contribution in [0.15, 0.2) is 49.1 Å². The molecule has 0 spiro atoms. The number of hydrogen-bond acceptors (Lipinski definition) is 1. The first-order valence-electron chi connectivity index (χ1n) is 7.52. The van der Waals surface area contributed by atoms with Crippen LogP contribution in [-0.4, -0.2) is 5.11 Å². The Kier molecular flexibility index (Phi) is 4.87. The highest BCUT2D eigenvalue weighted by Gasteiger charge is 2.37. The number of rotatable bonds is 3. The van der Waals surface area contributed by atoms with Crippen LogP contribution >= 0.6 is 0 Å². The second-order valence-corrected chi connectivity index (χ2v) is 6.45. The zero-order chi connectivity index (χ0) is 19.9. The lowest BCUT2D eigenvalue weighted by molar-refractivity contribution is -0.143. The van der Waals surface area contributed by atoms with E-state index in [1.807, 2.05) is 0 Å². The van der Waals surface area contributed by atoms with E-state index in [2.05, 4.69) is 6.58 Å². The molecule has 0 bridgehead atoms. The Morgan fingerprint density at radius 1 is 0.808 bits per heavy atom. The molecule has 0 atom stereocenters. The molecule has 2 rings (SSSR count). The second kappa shape index (κ2) is 6.37. The summed E-state index contributed by atoms with van der Waals surface area (Å²) in [6.45, 7) is 7.07. The Hall–Kier alpha value is -2.44. The fraction of sp³-hybridized carbons (Fsp3) is 0.263. The monoisotopic (exact) mass is 374 g/mol. The molecule has 0 aliphatic heterocycles. The maximum Gasteiger partial charge on any atom is 0.416 e. The van der Waals surface area contributed by atoms with E-state index in [0.717, 1.165) is 0 Å². The molecular formula is C19H16F6O. The highest BCUT2D eigenvalue weighted by molar-refractivity contribution is 5.68. The number of alkyl halides is 6. The van der Waals surface area contributed by atoms with Crippen LogP contribution in [0.4, 0.5) is 26.3 Å². The van der Waals surface area contributed by atoms with Crippen LogP contribution in [0.25, 0.3) is 11.1 Å². The van der Waals surface area contributed by atoms with Crippen LogP contribution in [0.1, 0.15) is 30.5 Å². The molecule has 0 saturated carbocycles. The summed E-state index contributed by atoms with van der Waals surface area (Å²) >= 11 is 0. The van der Waals surface area contributed by atoms with Crippen molar-refractivity contribution in [1.29, 1.82) is 0 Å². The molecule has 2 aromatic carbocycles. The van der Waals surface area contributed by atoms with Gasteiger partial charge in [-0.3, -0.25) is 0 Å². The van der Waals surface area contributed by atoms with Crippen molar-refractivity contribution in [3.05, 3.63) is 65.7 Å². The van der Waals surface area contributed by atoms with Gasteiger partial charge in [-0.1, -0.05) is 26.0 Å². The maximum absolute atomic E-state index is 13.0. The normalized spacial score (nSPS) is 12.9. The highest BCUT2D eigenvalue weighted by Crippen LogP contribution is 2.40. The van der Waals surface area contributed by atoms with Crippen molar-refractivity contribution in [1.82, 2.24) is 0 Å². The Labute approximate surface area is 146 Å². The molecule has 140 valence electrons. The first-order chi connectivity index (χ1) is 11.8. The molecule has 0 heterocycles. The Morgan fingerprint density at radius 3 is 1.73 bits per heavy atom. The summed E-state index contributed by atoms with van der Waals surface area (Å²) in [6.07, 6.45) is -8.31. The summed E-state index contributed by atoms with van der Waals surface area (Å²) in [6, 6.07) is 5.28. The van der Waals surface area contributed by atoms with Crippen LogP contribution in [0, 0.1) is 0 Å². The quantitative estimate of drug-likeness (QED) is 0.476. The van der Waals surface area contributed by atoms with Gasteiger partial charge < -0.3 is 5.11 Å². The molecular weight excluding hydrogens is 358 g/mol. The Balaban J connectivity index is 2.72. The lowest BCUT2D eigenvalue weighted by Crippen LogP contribution is -2.13. The first-order valence-corrected chi connectivity index (χ1v) is 7.52. The second-order valence-electron chi connectivity index (χ2n) is 6.45. The van der Waals surface area contributed by atoms with E-state index in [1.54, 1.807) is 13.8 Å². The smallest absolute Gasteiger partial charge is 0.416 e. The summed E-state index contributed by atoms with van der Waals surface area (Å²) in [7, 11) is 0. The maximum atomic E-state index is 13.0. The summed E-state index contributed by atoms with van der Waals surface area (Å²) in [5.41, 5.74) is -3.28. The molecule has 0 aliphatic carbocycles. The SMILES string of the molecule is C=CC(C)(C)c1cc(-c2cc(C(F)(F)F)cc(C(F)(F)F)c2)ccc1O. The molecule has 0 aliphatic rings. The van der Waals surface area contributed by atoms with Crippen LogP contribution in [0.5, 0.6) is 5.75 Å². The number of aromatic hydroxyl groups is 1. The molecule has 0 unspecified atom stereocenters. The van der Waals surface area contributed by atoms with Gasteiger partial charge in [-0.25, -0.2) is 0 Å². The topological polar surface area (TPSA) is 20.2 Å². The van der Waals surface area contributed by atoms with Gasteiger partial charge in [0.1, 0.15) is 5.75 Å². The van der Waals surface area contributed by atoms with Gasteiger partial charge in [0.25, 0.3) is 0 Å². The van der Waals surface area contributed by atoms with Crippen molar-refractivity contribution in [2.24, 2.45) is 0 Å². The standard InChI is InChI=1S/C19H16F6O/c1-4-17(2,3)15-9-11(5-6-16(15)26)12-7-13(18(20,21)22)10-14(8-12)19(23,24)25/h4-10,26H,1H2,2-3H3. The molecule has 7 heteroatoms. The van der Waals surface area contributed by atoms with Crippen LogP contribution in [0.3, 0.4) is 0 Å². The van der Waals surface area contributed by atoms with Gasteiger partial charge in [-0.2, -0.15) is 26.3 Å². The zero-order valence-electron chi connectivity index (χ0n) is 14.0. The molecule has 0 radical (unpaired) electrons. The van der Waals surface area contributed by atoms with Crippen LogP contribution in [-0.2, 0) is 17.8 Å². The van der Waals surface area contributed by atoms with Crippen molar-refractivity contribution in [2.75, 3.05) is 0 Å². The van der Waals surface area contributed by atoms with Gasteiger partial charge in [0.05, 0.1) is 11.1 Å². The number of benzene rings is 2. The molecule has 0 aromatic heterocycles. The van der Waals surface area contributed by atoms with Crippen molar-refractivity contribution in [3.8, 4) is 16.9 Å². The minimum absolute atomic E-state index is 0.0818. The Bertz CT molecular complexity index is 799. The lowest BCUT2D eigenvalue weighted by atomic mass is 9.82. The summed E-state index contributed by atoms with van der Waals surface area (Å²) in [5, 5.41) is 10.0. The molecule has 0 fully saturated rings. The Morgan fingerprint density at radius 2 is 1.31 bits per heavy atom. The highest BCUT2D eigenvalue weighted by atomic mass is 19.4. The van der Waals surface area contributed by atoms with Gasteiger partial charge in [0.2, 0.25) is 0 Å². The predicted molar refractivity (Wildman–Crippen MR) is 86.8 cm³/mol. The average Bonchev–Trinajstić information content (AvgIpc) is 2.53. The van der Waals surface area contributed by atoms with E-state index >= 15 is 0 Å². The fourth-order valence-electron chi connectivity index (χ4n) is 2.46. The number of allylic oxidation sites excluding steroid dienone is 1. The third kappa shape index (κ3) is 4.03. The average molecular weight is 374 g/mol. The van der Waals surface area contributed by atoms with E-state index in [1.165, 1.54) is 24.3 Å². The van der Waals surface area contributed by atoms with Crippen molar-refractivity contribution >= 4 is 0 Å². The van der Waals surface area contributed by atoms with Crippen molar-refractivity contribution in [3.63, 3.8) is 0 Å². The zero-order valence-corrected chi connectivity index (χ0v) is 14.0. The van der Waals surface area contributed by atoms with Gasteiger partial charge in [-0.15, -0.1) is 6.58 Å². The molecule has 0 amide bonds. The van der Waals surface area contributed by atoms with E-state index in [0.29, 0.717) is 17.7 Å². The molecule has 1 N–H and O–H groups in total. The van der Waals surface area contributed by atoms with Crippen LogP contribution < -0.4 is 0 Å². The van der Waals surface area contributed by atoms with Gasteiger partial charge in [0, 0.05) is 11.0 Å². The molecule has 26 heavy (non-hydrogen) atoms. The number of hydrogen-bond donors (Lipinski definition) is 1. The fourth-order valence-corrected chi connectivity index (χ4v) is 2.46. The van der Waals surface area contributed by atoms with Gasteiger partial charge >= 0.3 is 12.4 Å². The lowest BCUT2D eigenvalue weighted by Gasteiger charge is -2.23. The third-order valence-corrected chi connectivity index (χ3v) is 4.12. The number of phenolic OH excluding ortho intramolecular Hbond substituents is 1. The first kappa shape index (κ1) is 19.9. The summed E-state index contributed by atoms with van der Waals surface area (Å²) in [5.74, 6) is -0.123. The minimum atomic E-state index is -4.92. The van der Waals surface area contributed by atoms with E-state index in [9.17, 15) is 31.4 Å². The summed E-state index contributed by atoms with van der Waals surface area (Å²) in [4.78, 5) is 0. The largest absolute Gasteiger partial charge is 0.508 e. The third-order valence-electron chi connectivity index (χ3n) is 4.12. The van der Waals surface area contributed by atoms with Gasteiger partial charge in [-0.05, 0) is 41.5 Å². The molecule has 1 nitrogen and oxygen atoms in total. The van der Waals surface area contributed by atoms with E-state index < -0.39 is 28.9 Å². The van der Waals surface area contributed by atoms with Crippen LogP contribution in [0.2, 0.25) is 0 Å². The molecule has 0 saturated heterocycles. The molecule has 2 aromatic rings. The number of phenols is 1. The van der Waals surface area contributed by atoms with Crippen molar-refractivity contribution in [2.45, 2.75) is 31.6 Å². The van der Waals surface area contributed by atoms with E-state index in [-0.39, 0.29) is 22.9 Å². The predicted octanol–water partition coefficient (Wildman–Crippen LogP) is 6.56. The van der Waals surface area contributed by atoms with Gasteiger partial charge in [0.15, 0.2) is 0 Å².